The number of hydrogen-bond acceptors (Lipinski definition) is 8. The maximum absolute atomic E-state index is 13.5. The first-order valence-corrected chi connectivity index (χ1v) is 16.6. The number of carbonyl (C=O) groups is 1. The van der Waals surface area contributed by atoms with E-state index in [-0.39, 0.29) is 19.0 Å². The van der Waals surface area contributed by atoms with Crippen molar-refractivity contribution in [3.8, 4) is 22.9 Å². The molecule has 2 aliphatic heterocycles. The van der Waals surface area contributed by atoms with Crippen LogP contribution in [0.1, 0.15) is 117 Å². The SMILES string of the molecule is CC.CC.CC.CC.CC.CCCCc1c2c(nc3cc4c(c(N)c13)OCO4)-c1cc(C(C=O)OC)c(COP)c(=O)n1C2. The van der Waals surface area contributed by atoms with Crippen molar-refractivity contribution in [1.29, 1.82) is 0 Å². The molecule has 0 saturated carbocycles. The normalized spacial score (nSPS) is 11.8. The van der Waals surface area contributed by atoms with Crippen molar-refractivity contribution in [2.24, 2.45) is 0 Å². The number of carbonyl (C=O) groups excluding carboxylic acids is 1. The van der Waals surface area contributed by atoms with Gasteiger partial charge in [0.05, 0.1) is 35.7 Å². The number of nitrogens with zero attached hydrogens (tertiary/aromatic N) is 2. The fourth-order valence-electron chi connectivity index (χ4n) is 4.91. The Morgan fingerprint density at radius 2 is 1.68 bits per heavy atom. The smallest absolute Gasteiger partial charge is 0.257 e. The third-order valence-electron chi connectivity index (χ3n) is 6.55. The average Bonchev–Trinajstić information content (AvgIpc) is 3.72. The van der Waals surface area contributed by atoms with Crippen LogP contribution >= 0.6 is 9.47 Å². The number of methoxy groups -OCH3 is 1. The second-order valence-electron chi connectivity index (χ2n) is 8.40. The van der Waals surface area contributed by atoms with Crippen LogP contribution in [0.15, 0.2) is 16.9 Å². The van der Waals surface area contributed by atoms with E-state index in [4.69, 9.17) is 29.5 Å². The molecule has 2 aliphatic rings. The molecule has 2 N–H and O–H groups in total. The molecule has 3 aromatic rings. The van der Waals surface area contributed by atoms with Gasteiger partial charge in [-0.1, -0.05) is 82.6 Å². The fourth-order valence-corrected chi connectivity index (χ4v) is 5.08. The molecule has 248 valence electrons. The molecule has 4 heterocycles. The lowest BCUT2D eigenvalue weighted by molar-refractivity contribution is -0.116. The molecule has 0 amide bonds. The molecule has 2 unspecified atom stereocenters. The maximum atomic E-state index is 13.5. The highest BCUT2D eigenvalue weighted by Crippen LogP contribution is 2.46. The molecule has 0 aliphatic carbocycles. The lowest BCUT2D eigenvalue weighted by Gasteiger charge is -2.16. The number of aryl methyl sites for hydroxylation is 1. The first kappa shape index (κ1) is 41.0. The highest BCUT2D eigenvalue weighted by molar-refractivity contribution is 7.09. The summed E-state index contributed by atoms with van der Waals surface area (Å²) in [6, 6.07) is 3.65. The second-order valence-corrected chi connectivity index (χ2v) is 8.73. The lowest BCUT2D eigenvalue weighted by Crippen LogP contribution is -2.26. The molecule has 2 atom stereocenters. The zero-order valence-electron chi connectivity index (χ0n) is 29.1. The van der Waals surface area contributed by atoms with Gasteiger partial charge in [0.2, 0.25) is 6.79 Å². The maximum Gasteiger partial charge on any atom is 0.257 e. The van der Waals surface area contributed by atoms with Crippen molar-refractivity contribution in [2.45, 2.75) is 115 Å². The first-order chi connectivity index (χ1) is 21.5. The molecule has 0 bridgehead atoms. The Morgan fingerprint density at radius 1 is 1.05 bits per heavy atom. The monoisotopic (exact) mass is 633 g/mol. The van der Waals surface area contributed by atoms with Crippen LogP contribution in [-0.4, -0.2) is 29.7 Å². The largest absolute Gasteiger partial charge is 0.453 e. The van der Waals surface area contributed by atoms with Crippen LogP contribution in [-0.2, 0) is 33.6 Å². The predicted molar refractivity (Wildman–Crippen MR) is 187 cm³/mol. The lowest BCUT2D eigenvalue weighted by atomic mass is 9.94. The number of aromatic nitrogens is 2. The third-order valence-corrected chi connectivity index (χ3v) is 6.72. The van der Waals surface area contributed by atoms with Gasteiger partial charge in [0.1, 0.15) is 6.10 Å². The quantitative estimate of drug-likeness (QED) is 0.117. The van der Waals surface area contributed by atoms with Crippen LogP contribution in [0.25, 0.3) is 22.3 Å². The van der Waals surface area contributed by atoms with Gasteiger partial charge >= 0.3 is 0 Å². The zero-order valence-corrected chi connectivity index (χ0v) is 30.2. The van der Waals surface area contributed by atoms with Crippen LogP contribution in [0.2, 0.25) is 0 Å². The van der Waals surface area contributed by atoms with E-state index in [1.165, 1.54) is 7.11 Å². The number of rotatable bonds is 8. The Labute approximate surface area is 267 Å². The predicted octanol–water partition coefficient (Wildman–Crippen LogP) is 8.40. The van der Waals surface area contributed by atoms with Crippen molar-refractivity contribution in [1.82, 2.24) is 9.55 Å². The number of benzene rings is 1. The molecule has 44 heavy (non-hydrogen) atoms. The van der Waals surface area contributed by atoms with Crippen LogP contribution in [0.4, 0.5) is 5.69 Å². The fraction of sp³-hybridized carbons (Fsp3) is 0.559. The van der Waals surface area contributed by atoms with Crippen molar-refractivity contribution in [3.05, 3.63) is 44.7 Å². The number of unbranched alkanes of at least 4 members (excludes halogenated alkanes) is 1. The van der Waals surface area contributed by atoms with E-state index in [0.29, 0.717) is 58.0 Å². The summed E-state index contributed by atoms with van der Waals surface area (Å²) in [4.78, 5) is 30.2. The standard InChI is InChI=1S/C24H26N3O6P.5C2H6/c1-3-4-5-12-14-8-27-17(6-13(19(9-28)30-2)15(10-33-34)24(27)29)22(14)26-16-7-18-23(32-11-31-18)21(25)20(12)16;5*1-2/h6-7,9,19H,3-5,8,10-11,25,34H2,1-2H3;5*1-2H3. The summed E-state index contributed by atoms with van der Waals surface area (Å²) >= 11 is 0. The summed E-state index contributed by atoms with van der Waals surface area (Å²) in [5.41, 5.74) is 11.7. The number of anilines is 1. The molecular weight excluding hydrogens is 577 g/mol. The van der Waals surface area contributed by atoms with Crippen molar-refractivity contribution < 1.29 is 23.5 Å². The van der Waals surface area contributed by atoms with Crippen LogP contribution in [0.5, 0.6) is 11.5 Å². The summed E-state index contributed by atoms with van der Waals surface area (Å²) in [6.45, 7) is 22.6. The molecule has 0 fully saturated rings. The third kappa shape index (κ3) is 8.38. The summed E-state index contributed by atoms with van der Waals surface area (Å²) in [7, 11) is 3.58. The molecule has 10 heteroatoms. The average molecular weight is 634 g/mol. The van der Waals surface area contributed by atoms with Gasteiger partial charge in [-0.15, -0.1) is 0 Å². The van der Waals surface area contributed by atoms with E-state index in [9.17, 15) is 9.59 Å². The van der Waals surface area contributed by atoms with Gasteiger partial charge in [0.25, 0.3) is 5.56 Å². The zero-order chi connectivity index (χ0) is 34.0. The summed E-state index contributed by atoms with van der Waals surface area (Å²) in [5.74, 6) is 1.10. The Kier molecular flexibility index (Phi) is 20.2. The van der Waals surface area contributed by atoms with Crippen LogP contribution < -0.4 is 20.8 Å². The summed E-state index contributed by atoms with van der Waals surface area (Å²) < 4.78 is 23.4. The summed E-state index contributed by atoms with van der Waals surface area (Å²) in [5, 5.41) is 0.841. The van der Waals surface area contributed by atoms with Crippen LogP contribution in [0, 0.1) is 0 Å². The van der Waals surface area contributed by atoms with Gasteiger partial charge in [0, 0.05) is 44.7 Å². The second kappa shape index (κ2) is 21.7. The molecule has 2 aromatic heterocycles. The minimum atomic E-state index is -0.887. The molecule has 0 saturated heterocycles. The topological polar surface area (TPSA) is 115 Å². The van der Waals surface area contributed by atoms with E-state index in [2.05, 4.69) is 16.4 Å². The number of fused-ring (bicyclic) bond motifs is 5. The van der Waals surface area contributed by atoms with Gasteiger partial charge in [-0.05, 0) is 24.5 Å². The molecule has 5 rings (SSSR count). The van der Waals surface area contributed by atoms with Crippen molar-refractivity contribution in [2.75, 3.05) is 19.6 Å². The molecule has 9 nitrogen and oxygen atoms in total. The van der Waals surface area contributed by atoms with Crippen molar-refractivity contribution >= 4 is 32.3 Å². The van der Waals surface area contributed by atoms with Crippen molar-refractivity contribution in [3.63, 3.8) is 0 Å². The number of nitrogens with two attached hydrogens (primary N) is 1. The van der Waals surface area contributed by atoms with Gasteiger partial charge in [-0.2, -0.15) is 0 Å². The summed E-state index contributed by atoms with van der Waals surface area (Å²) in [6.07, 6.45) is 2.54. The number of aldehydes is 1. The van der Waals surface area contributed by atoms with Gasteiger partial charge in [-0.3, -0.25) is 4.79 Å². The Bertz CT molecular complexity index is 1370. The highest BCUT2D eigenvalue weighted by atomic mass is 31.0. The highest BCUT2D eigenvalue weighted by Gasteiger charge is 2.31. The Balaban J connectivity index is 0.00000169. The van der Waals surface area contributed by atoms with E-state index in [1.807, 2.05) is 81.4 Å². The van der Waals surface area contributed by atoms with Gasteiger partial charge < -0.3 is 33.8 Å². The molecule has 0 spiro atoms. The first-order valence-electron chi connectivity index (χ1n) is 16.1. The van der Waals surface area contributed by atoms with Gasteiger partial charge in [-0.25, -0.2) is 4.98 Å². The molecule has 0 radical (unpaired) electrons. The molecule has 1 aromatic carbocycles. The minimum absolute atomic E-state index is 0.0373. The van der Waals surface area contributed by atoms with E-state index in [1.54, 1.807) is 4.57 Å². The van der Waals surface area contributed by atoms with E-state index in [0.717, 1.165) is 35.8 Å². The Hall–Kier alpha value is -3.00. The van der Waals surface area contributed by atoms with E-state index < -0.39 is 6.10 Å². The number of pyridine rings is 2. The number of nitrogen functional groups attached to an aromatic ring is 1. The molecular formula is C34H56N3O6P. The van der Waals surface area contributed by atoms with Crippen LogP contribution in [0.3, 0.4) is 0 Å². The van der Waals surface area contributed by atoms with Gasteiger partial charge in [0.15, 0.2) is 17.8 Å². The Morgan fingerprint density at radius 3 is 2.23 bits per heavy atom. The minimum Gasteiger partial charge on any atom is -0.453 e. The number of ether oxygens (including phenoxy) is 3. The van der Waals surface area contributed by atoms with E-state index >= 15 is 0 Å². The number of hydrogen-bond donors (Lipinski definition) is 1.